The van der Waals surface area contributed by atoms with E-state index in [1.807, 2.05) is 0 Å². The first-order valence-electron chi connectivity index (χ1n) is 10.3. The minimum absolute atomic E-state index is 0.0159. The Morgan fingerprint density at radius 1 is 1.14 bits per heavy atom. The van der Waals surface area contributed by atoms with Crippen molar-refractivity contribution in [1.29, 1.82) is 0 Å². The van der Waals surface area contributed by atoms with Crippen LogP contribution in [0.2, 0.25) is 0 Å². The van der Waals surface area contributed by atoms with Crippen LogP contribution in [0.25, 0.3) is 0 Å². The molecule has 0 radical (unpaired) electrons. The maximum atomic E-state index is 12.4. The molecule has 1 aromatic rings. The molecule has 1 aliphatic carbocycles. The Kier molecular flexibility index (Phi) is 7.90. The zero-order valence-electron chi connectivity index (χ0n) is 18.0. The van der Waals surface area contributed by atoms with Gasteiger partial charge in [-0.1, -0.05) is 33.6 Å². The summed E-state index contributed by atoms with van der Waals surface area (Å²) in [6.45, 7) is 8.74. The topological polar surface area (TPSA) is 64.6 Å². The lowest BCUT2D eigenvalue weighted by molar-refractivity contribution is -0.123. The fraction of sp³-hybridized carbons (Fsp3) is 0.652. The zero-order chi connectivity index (χ0) is 20.7. The number of methoxy groups -OCH3 is 1. The first-order chi connectivity index (χ1) is 13.2. The predicted molar refractivity (Wildman–Crippen MR) is 111 cm³/mol. The number of hydrogen-bond donors (Lipinski definition) is 1. The van der Waals surface area contributed by atoms with Gasteiger partial charge in [0.05, 0.1) is 13.7 Å². The highest BCUT2D eigenvalue weighted by Gasteiger charge is 2.34. The van der Waals surface area contributed by atoms with Crippen LogP contribution in [0.4, 0.5) is 0 Å². The van der Waals surface area contributed by atoms with Crippen LogP contribution in [0.3, 0.4) is 0 Å². The summed E-state index contributed by atoms with van der Waals surface area (Å²) in [6.07, 6.45) is 5.79. The Labute approximate surface area is 169 Å². The highest BCUT2D eigenvalue weighted by atomic mass is 16.5. The SMILES string of the molecule is COc1cc(C(C)=O)ccc1OCCCC(=O)NC1CCCCC1C(C)(C)C. The lowest BCUT2D eigenvalue weighted by Gasteiger charge is -2.40. The molecule has 1 N–H and O–H groups in total. The van der Waals surface area contributed by atoms with Crippen molar-refractivity contribution >= 4 is 11.7 Å². The van der Waals surface area contributed by atoms with E-state index in [1.165, 1.54) is 26.2 Å². The minimum atomic E-state index is -0.0159. The molecule has 1 amide bonds. The fourth-order valence-corrected chi connectivity index (χ4v) is 4.04. The number of benzene rings is 1. The molecule has 1 aliphatic rings. The molecule has 5 heteroatoms. The molecule has 1 fully saturated rings. The van der Waals surface area contributed by atoms with Crippen molar-refractivity contribution in [1.82, 2.24) is 5.32 Å². The van der Waals surface area contributed by atoms with Crippen molar-refractivity contribution in [3.63, 3.8) is 0 Å². The van der Waals surface area contributed by atoms with Gasteiger partial charge in [-0.25, -0.2) is 0 Å². The summed E-state index contributed by atoms with van der Waals surface area (Å²) in [5.41, 5.74) is 0.800. The standard InChI is InChI=1S/C23H35NO4/c1-16(25)17-12-13-20(21(15-17)27-5)28-14-8-11-22(26)24-19-10-7-6-9-18(19)23(2,3)4/h12-13,15,18-19H,6-11,14H2,1-5H3,(H,24,26). The lowest BCUT2D eigenvalue weighted by Crippen LogP contribution is -2.46. The van der Waals surface area contributed by atoms with E-state index in [0.29, 0.717) is 42.4 Å². The molecule has 156 valence electrons. The van der Waals surface area contributed by atoms with E-state index in [9.17, 15) is 9.59 Å². The molecule has 0 heterocycles. The first-order valence-corrected chi connectivity index (χ1v) is 10.3. The third kappa shape index (κ3) is 6.25. The summed E-state index contributed by atoms with van der Waals surface area (Å²) in [4.78, 5) is 23.9. The molecule has 0 saturated heterocycles. The van der Waals surface area contributed by atoms with E-state index < -0.39 is 0 Å². The Morgan fingerprint density at radius 2 is 1.86 bits per heavy atom. The Bertz CT molecular complexity index is 678. The number of Topliss-reactive ketones (excluding diaryl/α,β-unsaturated/α-hetero) is 1. The number of nitrogens with one attached hydrogen (secondary N) is 1. The van der Waals surface area contributed by atoms with Crippen LogP contribution in [0.1, 0.15) is 76.6 Å². The molecule has 5 nitrogen and oxygen atoms in total. The molecule has 0 spiro atoms. The molecule has 2 rings (SSSR count). The Balaban J connectivity index is 1.80. The fourth-order valence-electron chi connectivity index (χ4n) is 4.04. The number of ether oxygens (including phenoxy) is 2. The summed E-state index contributed by atoms with van der Waals surface area (Å²) in [5, 5.41) is 3.26. The maximum Gasteiger partial charge on any atom is 0.220 e. The van der Waals surface area contributed by atoms with Crippen LogP contribution in [0.15, 0.2) is 18.2 Å². The van der Waals surface area contributed by atoms with E-state index in [1.54, 1.807) is 25.3 Å². The summed E-state index contributed by atoms with van der Waals surface area (Å²) in [7, 11) is 1.55. The second-order valence-corrected chi connectivity index (χ2v) is 8.80. The number of amides is 1. The highest BCUT2D eigenvalue weighted by molar-refractivity contribution is 5.94. The number of ketones is 1. The Morgan fingerprint density at radius 3 is 2.50 bits per heavy atom. The molecular formula is C23H35NO4. The maximum absolute atomic E-state index is 12.4. The van der Waals surface area contributed by atoms with Gasteiger partial charge in [0, 0.05) is 18.0 Å². The number of carbonyl (C=O) groups excluding carboxylic acids is 2. The summed E-state index contributed by atoms with van der Waals surface area (Å²) in [5.74, 6) is 1.74. The molecule has 0 aliphatic heterocycles. The second kappa shape index (κ2) is 9.94. The van der Waals surface area contributed by atoms with Crippen LogP contribution in [0, 0.1) is 11.3 Å². The largest absolute Gasteiger partial charge is 0.493 e. The van der Waals surface area contributed by atoms with E-state index in [4.69, 9.17) is 9.47 Å². The van der Waals surface area contributed by atoms with Crippen LogP contribution in [-0.2, 0) is 4.79 Å². The second-order valence-electron chi connectivity index (χ2n) is 8.80. The van der Waals surface area contributed by atoms with Crippen molar-refractivity contribution in [2.24, 2.45) is 11.3 Å². The third-order valence-electron chi connectivity index (χ3n) is 5.60. The number of carbonyl (C=O) groups is 2. The number of rotatable bonds is 8. The van der Waals surface area contributed by atoms with Gasteiger partial charge < -0.3 is 14.8 Å². The normalized spacial score (nSPS) is 19.8. The lowest BCUT2D eigenvalue weighted by atomic mass is 9.69. The van der Waals surface area contributed by atoms with Crippen molar-refractivity contribution in [2.75, 3.05) is 13.7 Å². The van der Waals surface area contributed by atoms with Gasteiger partial charge in [0.25, 0.3) is 0 Å². The molecule has 1 aromatic carbocycles. The molecule has 1 saturated carbocycles. The van der Waals surface area contributed by atoms with Gasteiger partial charge in [0.2, 0.25) is 5.91 Å². The number of hydrogen-bond acceptors (Lipinski definition) is 4. The quantitative estimate of drug-likeness (QED) is 0.513. The van der Waals surface area contributed by atoms with Crippen molar-refractivity contribution in [2.45, 2.75) is 72.3 Å². The minimum Gasteiger partial charge on any atom is -0.493 e. The van der Waals surface area contributed by atoms with E-state index in [-0.39, 0.29) is 23.1 Å². The monoisotopic (exact) mass is 389 g/mol. The van der Waals surface area contributed by atoms with Crippen LogP contribution in [0.5, 0.6) is 11.5 Å². The van der Waals surface area contributed by atoms with Crippen LogP contribution >= 0.6 is 0 Å². The zero-order valence-corrected chi connectivity index (χ0v) is 18.0. The molecule has 0 bridgehead atoms. The van der Waals surface area contributed by atoms with Gasteiger partial charge in [-0.3, -0.25) is 9.59 Å². The van der Waals surface area contributed by atoms with Crippen LogP contribution < -0.4 is 14.8 Å². The van der Waals surface area contributed by atoms with Gasteiger partial charge in [-0.2, -0.15) is 0 Å². The van der Waals surface area contributed by atoms with Crippen molar-refractivity contribution < 1.29 is 19.1 Å². The summed E-state index contributed by atoms with van der Waals surface area (Å²) < 4.78 is 11.1. The van der Waals surface area contributed by atoms with E-state index in [0.717, 1.165) is 6.42 Å². The average Bonchev–Trinajstić information content (AvgIpc) is 2.64. The smallest absolute Gasteiger partial charge is 0.220 e. The summed E-state index contributed by atoms with van der Waals surface area (Å²) >= 11 is 0. The molecule has 2 unspecified atom stereocenters. The van der Waals surface area contributed by atoms with Crippen molar-refractivity contribution in [3.8, 4) is 11.5 Å². The van der Waals surface area contributed by atoms with Gasteiger partial charge in [-0.05, 0) is 55.7 Å². The van der Waals surface area contributed by atoms with Gasteiger partial charge in [0.1, 0.15) is 0 Å². The predicted octanol–water partition coefficient (Wildman–Crippen LogP) is 4.78. The van der Waals surface area contributed by atoms with Gasteiger partial charge >= 0.3 is 0 Å². The van der Waals surface area contributed by atoms with Crippen molar-refractivity contribution in [3.05, 3.63) is 23.8 Å². The third-order valence-corrected chi connectivity index (χ3v) is 5.60. The van der Waals surface area contributed by atoms with E-state index >= 15 is 0 Å². The Hall–Kier alpha value is -2.04. The van der Waals surface area contributed by atoms with Crippen LogP contribution in [-0.4, -0.2) is 31.4 Å². The molecule has 28 heavy (non-hydrogen) atoms. The highest BCUT2D eigenvalue weighted by Crippen LogP contribution is 2.38. The summed E-state index contributed by atoms with van der Waals surface area (Å²) in [6, 6.07) is 5.43. The average molecular weight is 390 g/mol. The van der Waals surface area contributed by atoms with E-state index in [2.05, 4.69) is 26.1 Å². The van der Waals surface area contributed by atoms with Gasteiger partial charge in [-0.15, -0.1) is 0 Å². The van der Waals surface area contributed by atoms with Gasteiger partial charge in [0.15, 0.2) is 17.3 Å². The molecule has 0 aromatic heterocycles. The first kappa shape index (κ1) is 22.3. The molecular weight excluding hydrogens is 354 g/mol. The molecule has 2 atom stereocenters.